The first kappa shape index (κ1) is 14.9. The number of nitrogens with one attached hydrogen (secondary N) is 1. The number of hydrogen-bond acceptors (Lipinski definition) is 2. The van der Waals surface area contributed by atoms with Crippen LogP contribution in [0.25, 0.3) is 0 Å². The molecule has 0 aromatic heterocycles. The SMILES string of the molecule is C=CCN(CCNC(=O)c1cccc(F)c1)C(C)=O. The molecule has 1 aromatic carbocycles. The van der Waals surface area contributed by atoms with Crippen LogP contribution < -0.4 is 5.32 Å². The maximum absolute atomic E-state index is 12.9. The Morgan fingerprint density at radius 3 is 2.79 bits per heavy atom. The van der Waals surface area contributed by atoms with Crippen molar-refractivity contribution in [1.29, 1.82) is 0 Å². The van der Waals surface area contributed by atoms with Gasteiger partial charge in [0.2, 0.25) is 5.91 Å². The summed E-state index contributed by atoms with van der Waals surface area (Å²) >= 11 is 0. The number of rotatable bonds is 6. The third-order valence-corrected chi connectivity index (χ3v) is 2.55. The van der Waals surface area contributed by atoms with E-state index in [4.69, 9.17) is 0 Å². The molecular weight excluding hydrogens is 247 g/mol. The van der Waals surface area contributed by atoms with E-state index in [0.717, 1.165) is 0 Å². The summed E-state index contributed by atoms with van der Waals surface area (Å²) in [4.78, 5) is 24.5. The molecule has 0 saturated carbocycles. The Bertz CT molecular complexity index is 474. The van der Waals surface area contributed by atoms with E-state index in [9.17, 15) is 14.0 Å². The molecule has 0 heterocycles. The Morgan fingerprint density at radius 1 is 1.47 bits per heavy atom. The highest BCUT2D eigenvalue weighted by molar-refractivity contribution is 5.94. The van der Waals surface area contributed by atoms with Crippen LogP contribution in [0.3, 0.4) is 0 Å². The fourth-order valence-electron chi connectivity index (χ4n) is 1.57. The van der Waals surface area contributed by atoms with E-state index >= 15 is 0 Å². The first-order valence-electron chi connectivity index (χ1n) is 5.94. The predicted molar refractivity (Wildman–Crippen MR) is 71.2 cm³/mol. The topological polar surface area (TPSA) is 49.4 Å². The third kappa shape index (κ3) is 4.91. The molecule has 19 heavy (non-hydrogen) atoms. The Hall–Kier alpha value is -2.17. The normalized spacial score (nSPS) is 9.79. The largest absolute Gasteiger partial charge is 0.350 e. The molecule has 0 atom stereocenters. The van der Waals surface area contributed by atoms with E-state index < -0.39 is 5.82 Å². The molecule has 102 valence electrons. The van der Waals surface area contributed by atoms with Crippen LogP contribution in [0, 0.1) is 5.82 Å². The lowest BCUT2D eigenvalue weighted by Gasteiger charge is -2.19. The fraction of sp³-hybridized carbons (Fsp3) is 0.286. The maximum Gasteiger partial charge on any atom is 0.251 e. The second-order valence-electron chi connectivity index (χ2n) is 4.02. The van der Waals surface area contributed by atoms with Crippen molar-refractivity contribution in [3.63, 3.8) is 0 Å². The van der Waals surface area contributed by atoms with Gasteiger partial charge in [-0.3, -0.25) is 9.59 Å². The molecular formula is C14H17FN2O2. The molecule has 0 aliphatic rings. The quantitative estimate of drug-likeness (QED) is 0.793. The molecule has 1 aromatic rings. The van der Waals surface area contributed by atoms with Crippen LogP contribution in [0.5, 0.6) is 0 Å². The van der Waals surface area contributed by atoms with Crippen LogP contribution in [0.2, 0.25) is 0 Å². The molecule has 5 heteroatoms. The molecule has 0 spiro atoms. The van der Waals surface area contributed by atoms with Crippen molar-refractivity contribution in [3.8, 4) is 0 Å². The van der Waals surface area contributed by atoms with Gasteiger partial charge >= 0.3 is 0 Å². The standard InChI is InChI=1S/C14H17FN2O2/c1-3-8-17(11(2)18)9-7-16-14(19)12-5-4-6-13(15)10-12/h3-6,10H,1,7-9H2,2H3,(H,16,19). The summed E-state index contributed by atoms with van der Waals surface area (Å²) in [5, 5.41) is 2.64. The number of carbonyl (C=O) groups excluding carboxylic acids is 2. The predicted octanol–water partition coefficient (Wildman–Crippen LogP) is 1.59. The van der Waals surface area contributed by atoms with Gasteiger partial charge in [0.1, 0.15) is 5.82 Å². The number of carbonyl (C=O) groups is 2. The molecule has 1 N–H and O–H groups in total. The van der Waals surface area contributed by atoms with Gasteiger partial charge in [0.15, 0.2) is 0 Å². The Labute approximate surface area is 111 Å². The van der Waals surface area contributed by atoms with E-state index in [2.05, 4.69) is 11.9 Å². The summed E-state index contributed by atoms with van der Waals surface area (Å²) in [6.45, 7) is 6.15. The highest BCUT2D eigenvalue weighted by Gasteiger charge is 2.09. The third-order valence-electron chi connectivity index (χ3n) is 2.55. The minimum atomic E-state index is -0.454. The lowest BCUT2D eigenvalue weighted by atomic mass is 10.2. The van der Waals surface area contributed by atoms with Crippen LogP contribution in [-0.4, -0.2) is 36.3 Å². The lowest BCUT2D eigenvalue weighted by Crippen LogP contribution is -2.37. The van der Waals surface area contributed by atoms with E-state index in [1.54, 1.807) is 11.0 Å². The summed E-state index contributed by atoms with van der Waals surface area (Å²) in [6.07, 6.45) is 1.62. The average Bonchev–Trinajstić information content (AvgIpc) is 2.37. The second kappa shape index (κ2) is 7.31. The number of hydrogen-bond donors (Lipinski definition) is 1. The average molecular weight is 264 g/mol. The van der Waals surface area contributed by atoms with Crippen LogP contribution in [0.4, 0.5) is 4.39 Å². The highest BCUT2D eigenvalue weighted by atomic mass is 19.1. The Balaban J connectivity index is 2.46. The fourth-order valence-corrected chi connectivity index (χ4v) is 1.57. The van der Waals surface area contributed by atoms with Gasteiger partial charge < -0.3 is 10.2 Å². The minimum Gasteiger partial charge on any atom is -0.350 e. The smallest absolute Gasteiger partial charge is 0.251 e. The molecule has 0 saturated heterocycles. The van der Waals surface area contributed by atoms with Crippen molar-refractivity contribution in [2.24, 2.45) is 0 Å². The van der Waals surface area contributed by atoms with Crippen LogP contribution in [0.1, 0.15) is 17.3 Å². The summed E-state index contributed by atoms with van der Waals surface area (Å²) in [6, 6.07) is 5.45. The molecule has 2 amide bonds. The number of amides is 2. The zero-order valence-electron chi connectivity index (χ0n) is 10.9. The van der Waals surface area contributed by atoms with Gasteiger partial charge in [-0.2, -0.15) is 0 Å². The molecule has 1 rings (SSSR count). The monoisotopic (exact) mass is 264 g/mol. The summed E-state index contributed by atoms with van der Waals surface area (Å²) in [5.41, 5.74) is 0.262. The van der Waals surface area contributed by atoms with Crippen molar-refractivity contribution < 1.29 is 14.0 Å². The van der Waals surface area contributed by atoms with Crippen LogP contribution in [-0.2, 0) is 4.79 Å². The van der Waals surface area contributed by atoms with Gasteiger partial charge in [-0.25, -0.2) is 4.39 Å². The van der Waals surface area contributed by atoms with E-state index in [-0.39, 0.29) is 17.4 Å². The molecule has 0 radical (unpaired) electrons. The Morgan fingerprint density at radius 2 is 2.21 bits per heavy atom. The van der Waals surface area contributed by atoms with Gasteiger partial charge in [-0.15, -0.1) is 6.58 Å². The maximum atomic E-state index is 12.9. The number of halogens is 1. The highest BCUT2D eigenvalue weighted by Crippen LogP contribution is 2.02. The first-order chi connectivity index (χ1) is 9.04. The van der Waals surface area contributed by atoms with Gasteiger partial charge in [0.05, 0.1) is 0 Å². The molecule has 0 unspecified atom stereocenters. The van der Waals surface area contributed by atoms with Crippen molar-refractivity contribution >= 4 is 11.8 Å². The summed E-state index contributed by atoms with van der Waals surface area (Å²) in [5.74, 6) is -0.897. The van der Waals surface area contributed by atoms with Crippen molar-refractivity contribution in [1.82, 2.24) is 10.2 Å². The van der Waals surface area contributed by atoms with Gasteiger partial charge in [0.25, 0.3) is 5.91 Å². The van der Waals surface area contributed by atoms with Crippen molar-refractivity contribution in [2.75, 3.05) is 19.6 Å². The lowest BCUT2D eigenvalue weighted by molar-refractivity contribution is -0.128. The van der Waals surface area contributed by atoms with Crippen molar-refractivity contribution in [3.05, 3.63) is 48.3 Å². The molecule has 0 fully saturated rings. The van der Waals surface area contributed by atoms with Gasteiger partial charge in [0, 0.05) is 32.1 Å². The van der Waals surface area contributed by atoms with E-state index in [1.807, 2.05) is 0 Å². The Kier molecular flexibility index (Phi) is 5.73. The van der Waals surface area contributed by atoms with Crippen LogP contribution >= 0.6 is 0 Å². The number of nitrogens with zero attached hydrogens (tertiary/aromatic N) is 1. The first-order valence-corrected chi connectivity index (χ1v) is 5.94. The van der Waals surface area contributed by atoms with Crippen LogP contribution in [0.15, 0.2) is 36.9 Å². The zero-order chi connectivity index (χ0) is 14.3. The van der Waals surface area contributed by atoms with Crippen molar-refractivity contribution in [2.45, 2.75) is 6.92 Å². The van der Waals surface area contributed by atoms with Gasteiger partial charge in [-0.1, -0.05) is 12.1 Å². The molecule has 0 bridgehead atoms. The van der Waals surface area contributed by atoms with E-state index in [0.29, 0.717) is 19.6 Å². The summed E-state index contributed by atoms with van der Waals surface area (Å²) in [7, 11) is 0. The second-order valence-corrected chi connectivity index (χ2v) is 4.02. The zero-order valence-corrected chi connectivity index (χ0v) is 10.9. The van der Waals surface area contributed by atoms with E-state index in [1.165, 1.54) is 31.2 Å². The molecule has 0 aliphatic heterocycles. The molecule has 4 nitrogen and oxygen atoms in total. The molecule has 0 aliphatic carbocycles. The minimum absolute atomic E-state index is 0.0834. The van der Waals surface area contributed by atoms with Gasteiger partial charge in [-0.05, 0) is 18.2 Å². The number of benzene rings is 1. The summed E-state index contributed by atoms with van der Waals surface area (Å²) < 4.78 is 12.9.